The van der Waals surface area contributed by atoms with Gasteiger partial charge in [-0.25, -0.2) is 0 Å². The van der Waals surface area contributed by atoms with Crippen molar-refractivity contribution >= 4 is 11.8 Å². The molecule has 1 saturated heterocycles. The molecule has 0 aromatic carbocycles. The van der Waals surface area contributed by atoms with Crippen molar-refractivity contribution in [3.63, 3.8) is 0 Å². The van der Waals surface area contributed by atoms with E-state index in [-0.39, 0.29) is 11.5 Å². The van der Waals surface area contributed by atoms with Crippen molar-refractivity contribution in [3.05, 3.63) is 0 Å². The molecule has 2 nitrogen and oxygen atoms in total. The summed E-state index contributed by atoms with van der Waals surface area (Å²) in [5.74, 6) is 2.55. The number of aliphatic hydroxyl groups is 1. The molecule has 1 heterocycles. The Morgan fingerprint density at radius 2 is 2.29 bits per heavy atom. The summed E-state index contributed by atoms with van der Waals surface area (Å²) < 4.78 is 0. The molecule has 2 unspecified atom stereocenters. The van der Waals surface area contributed by atoms with E-state index < -0.39 is 0 Å². The van der Waals surface area contributed by atoms with Crippen molar-refractivity contribution in [2.24, 2.45) is 5.41 Å². The normalized spacial score (nSPS) is 25.3. The van der Waals surface area contributed by atoms with Gasteiger partial charge in [-0.3, -0.25) is 0 Å². The Labute approximate surface area is 91.9 Å². The molecule has 14 heavy (non-hydrogen) atoms. The molecule has 3 heteroatoms. The second-order valence-corrected chi connectivity index (χ2v) is 6.31. The van der Waals surface area contributed by atoms with E-state index in [4.69, 9.17) is 0 Å². The van der Waals surface area contributed by atoms with Gasteiger partial charge in [0.15, 0.2) is 0 Å². The summed E-state index contributed by atoms with van der Waals surface area (Å²) in [6, 6.07) is 0.702. The second kappa shape index (κ2) is 5.38. The molecule has 0 aromatic heterocycles. The van der Waals surface area contributed by atoms with E-state index in [1.54, 1.807) is 0 Å². The number of rotatable bonds is 5. The maximum absolute atomic E-state index is 9.35. The van der Waals surface area contributed by atoms with Gasteiger partial charge in [0.1, 0.15) is 0 Å². The van der Waals surface area contributed by atoms with Crippen molar-refractivity contribution in [2.75, 3.05) is 18.1 Å². The summed E-state index contributed by atoms with van der Waals surface area (Å²) in [6.07, 6.45) is 1.99. The average Bonchev–Trinajstić information content (AvgIpc) is 2.50. The van der Waals surface area contributed by atoms with Crippen molar-refractivity contribution < 1.29 is 5.11 Å². The van der Waals surface area contributed by atoms with Crippen LogP contribution in [0.25, 0.3) is 0 Å². The summed E-state index contributed by atoms with van der Waals surface area (Å²) in [6.45, 7) is 7.32. The van der Waals surface area contributed by atoms with Crippen LogP contribution in [0.5, 0.6) is 0 Å². The van der Waals surface area contributed by atoms with Gasteiger partial charge in [-0.1, -0.05) is 13.8 Å². The third kappa shape index (κ3) is 4.67. The van der Waals surface area contributed by atoms with Crippen molar-refractivity contribution in [2.45, 2.75) is 45.8 Å². The topological polar surface area (TPSA) is 32.3 Å². The third-order valence-corrected chi connectivity index (χ3v) is 3.81. The van der Waals surface area contributed by atoms with Crippen LogP contribution in [0.3, 0.4) is 0 Å². The maximum atomic E-state index is 9.35. The van der Waals surface area contributed by atoms with Gasteiger partial charge in [-0.15, -0.1) is 0 Å². The van der Waals surface area contributed by atoms with Crippen LogP contribution in [-0.2, 0) is 0 Å². The molecule has 0 radical (unpaired) electrons. The first-order chi connectivity index (χ1) is 6.49. The van der Waals surface area contributed by atoms with E-state index >= 15 is 0 Å². The van der Waals surface area contributed by atoms with Crippen molar-refractivity contribution in [1.82, 2.24) is 5.32 Å². The number of thioether (sulfide) groups is 1. The molecule has 0 amide bonds. The Kier molecular flexibility index (Phi) is 4.74. The standard InChI is InChI=1S/C11H23NOS/c1-9(13)6-11(2,3)8-12-10-4-5-14-7-10/h9-10,12-13H,4-8H2,1-3H3. The fourth-order valence-electron chi connectivity index (χ4n) is 1.99. The Balaban J connectivity index is 2.20. The lowest BCUT2D eigenvalue weighted by Crippen LogP contribution is -2.38. The van der Waals surface area contributed by atoms with Crippen molar-refractivity contribution in [1.29, 1.82) is 0 Å². The van der Waals surface area contributed by atoms with Gasteiger partial charge in [0, 0.05) is 18.3 Å². The van der Waals surface area contributed by atoms with E-state index in [0.29, 0.717) is 6.04 Å². The molecule has 1 rings (SSSR count). The van der Waals surface area contributed by atoms with Gasteiger partial charge >= 0.3 is 0 Å². The molecular formula is C11H23NOS. The van der Waals surface area contributed by atoms with Crippen LogP contribution in [-0.4, -0.2) is 35.3 Å². The first kappa shape index (κ1) is 12.3. The molecule has 2 atom stereocenters. The highest BCUT2D eigenvalue weighted by Gasteiger charge is 2.23. The summed E-state index contributed by atoms with van der Waals surface area (Å²) >= 11 is 2.03. The molecule has 0 bridgehead atoms. The summed E-state index contributed by atoms with van der Waals surface area (Å²) in [5.41, 5.74) is 0.210. The van der Waals surface area contributed by atoms with E-state index in [2.05, 4.69) is 19.2 Å². The number of aliphatic hydroxyl groups excluding tert-OH is 1. The molecule has 0 aliphatic carbocycles. The minimum Gasteiger partial charge on any atom is -0.393 e. The number of nitrogens with one attached hydrogen (secondary N) is 1. The van der Waals surface area contributed by atoms with Gasteiger partial charge in [0.25, 0.3) is 0 Å². The molecule has 1 aliphatic rings. The van der Waals surface area contributed by atoms with Crippen LogP contribution in [0.4, 0.5) is 0 Å². The lowest BCUT2D eigenvalue weighted by atomic mass is 9.87. The third-order valence-electron chi connectivity index (χ3n) is 2.65. The maximum Gasteiger partial charge on any atom is 0.0517 e. The minimum atomic E-state index is -0.190. The zero-order valence-electron chi connectivity index (χ0n) is 9.55. The SMILES string of the molecule is CC(O)CC(C)(C)CNC1CCSC1. The fraction of sp³-hybridized carbons (Fsp3) is 1.00. The Morgan fingerprint density at radius 1 is 1.57 bits per heavy atom. The zero-order valence-corrected chi connectivity index (χ0v) is 10.4. The molecule has 0 saturated carbocycles. The monoisotopic (exact) mass is 217 g/mol. The smallest absolute Gasteiger partial charge is 0.0517 e. The van der Waals surface area contributed by atoms with E-state index in [1.807, 2.05) is 18.7 Å². The van der Waals surface area contributed by atoms with Crippen LogP contribution in [0.1, 0.15) is 33.6 Å². The highest BCUT2D eigenvalue weighted by molar-refractivity contribution is 7.99. The Morgan fingerprint density at radius 3 is 2.79 bits per heavy atom. The fourth-order valence-corrected chi connectivity index (χ4v) is 3.17. The molecule has 1 fully saturated rings. The molecular weight excluding hydrogens is 194 g/mol. The first-order valence-electron chi connectivity index (χ1n) is 5.49. The molecule has 0 spiro atoms. The van der Waals surface area contributed by atoms with E-state index in [0.717, 1.165) is 13.0 Å². The van der Waals surface area contributed by atoms with E-state index in [9.17, 15) is 5.11 Å². The Bertz CT molecular complexity index is 165. The summed E-state index contributed by atoms with van der Waals surface area (Å²) in [7, 11) is 0. The number of hydrogen-bond acceptors (Lipinski definition) is 3. The molecule has 2 N–H and O–H groups in total. The lowest BCUT2D eigenvalue weighted by molar-refractivity contribution is 0.127. The van der Waals surface area contributed by atoms with Crippen LogP contribution in [0.2, 0.25) is 0 Å². The predicted octanol–water partition coefficient (Wildman–Crippen LogP) is 1.88. The van der Waals surface area contributed by atoms with Gasteiger partial charge in [0.05, 0.1) is 6.10 Å². The van der Waals surface area contributed by atoms with Crippen LogP contribution >= 0.6 is 11.8 Å². The minimum absolute atomic E-state index is 0.190. The average molecular weight is 217 g/mol. The van der Waals surface area contributed by atoms with Crippen LogP contribution < -0.4 is 5.32 Å². The predicted molar refractivity (Wildman–Crippen MR) is 63.8 cm³/mol. The summed E-state index contributed by atoms with van der Waals surface area (Å²) in [5, 5.41) is 12.9. The summed E-state index contributed by atoms with van der Waals surface area (Å²) in [4.78, 5) is 0. The highest BCUT2D eigenvalue weighted by atomic mass is 32.2. The Hall–Kier alpha value is 0.270. The quantitative estimate of drug-likeness (QED) is 0.737. The van der Waals surface area contributed by atoms with E-state index in [1.165, 1.54) is 17.9 Å². The highest BCUT2D eigenvalue weighted by Crippen LogP contribution is 2.23. The lowest BCUT2D eigenvalue weighted by Gasteiger charge is -2.28. The van der Waals surface area contributed by atoms with Gasteiger partial charge in [-0.05, 0) is 30.9 Å². The second-order valence-electron chi connectivity index (χ2n) is 5.16. The van der Waals surface area contributed by atoms with Crippen molar-refractivity contribution in [3.8, 4) is 0 Å². The van der Waals surface area contributed by atoms with Gasteiger partial charge in [0.2, 0.25) is 0 Å². The van der Waals surface area contributed by atoms with Crippen LogP contribution in [0.15, 0.2) is 0 Å². The first-order valence-corrected chi connectivity index (χ1v) is 6.64. The molecule has 0 aromatic rings. The van der Waals surface area contributed by atoms with Gasteiger partial charge < -0.3 is 10.4 Å². The number of hydrogen-bond donors (Lipinski definition) is 2. The molecule has 1 aliphatic heterocycles. The zero-order chi connectivity index (χ0) is 10.6. The van der Waals surface area contributed by atoms with Gasteiger partial charge in [-0.2, -0.15) is 11.8 Å². The molecule has 84 valence electrons. The largest absolute Gasteiger partial charge is 0.393 e. The van der Waals surface area contributed by atoms with Crippen LogP contribution in [0, 0.1) is 5.41 Å².